The maximum absolute atomic E-state index is 11.5. The van der Waals surface area contributed by atoms with Crippen LogP contribution in [0.15, 0.2) is 0 Å². The van der Waals surface area contributed by atoms with Crippen molar-refractivity contribution >= 4 is 24.6 Å². The van der Waals surface area contributed by atoms with E-state index in [2.05, 4.69) is 24.2 Å². The van der Waals surface area contributed by atoms with E-state index in [4.69, 9.17) is 45.9 Å². The Kier molecular flexibility index (Phi) is 18.3. The molecule has 0 aromatic heterocycles. The Morgan fingerprint density at radius 2 is 1.18 bits per heavy atom. The summed E-state index contributed by atoms with van der Waals surface area (Å²) >= 11 is 0.872. The minimum Gasteiger partial charge on any atom is -0.394 e. The second-order valence-electron chi connectivity index (χ2n) is 11.7. The molecule has 4 heterocycles. The van der Waals surface area contributed by atoms with Crippen LogP contribution in [0.4, 0.5) is 0 Å². The lowest BCUT2D eigenvalue weighted by Crippen LogP contribution is -2.59. The smallest absolute Gasteiger partial charge is 0.198 e. The maximum Gasteiger partial charge on any atom is 0.198 e. The first-order valence-corrected chi connectivity index (χ1v) is 17.1. The van der Waals surface area contributed by atoms with E-state index in [-0.39, 0.29) is 45.1 Å². The summed E-state index contributed by atoms with van der Waals surface area (Å²) in [5.41, 5.74) is 0. The Morgan fingerprint density at radius 3 is 1.69 bits per heavy atom. The molecule has 0 spiro atoms. The van der Waals surface area contributed by atoms with Crippen molar-refractivity contribution in [2.45, 2.75) is 86.8 Å². The summed E-state index contributed by atoms with van der Waals surface area (Å²) in [6.45, 7) is 0.985. The van der Waals surface area contributed by atoms with E-state index in [1.165, 1.54) is 21.3 Å². The van der Waals surface area contributed by atoms with Gasteiger partial charge in [-0.05, 0) is 6.42 Å². The van der Waals surface area contributed by atoms with Gasteiger partial charge >= 0.3 is 0 Å². The SMILES string of the molecule is CC[C@H]1C(O)[C@@H](COC[C@@H]2C(O)[C@H](COC[C@H]3C4CO[C@H]3C(O)[C@@H](OC)O4)OC(CO)[C@@H]2OSOOOC)OC(CO)[C@@H]1OSOOOC. The van der Waals surface area contributed by atoms with E-state index in [1.807, 2.05) is 6.92 Å². The van der Waals surface area contributed by atoms with Crippen LogP contribution in [0.2, 0.25) is 0 Å². The van der Waals surface area contributed by atoms with Gasteiger partial charge in [-0.1, -0.05) is 17.0 Å². The van der Waals surface area contributed by atoms with Gasteiger partial charge in [0.2, 0.25) is 0 Å². The van der Waals surface area contributed by atoms with E-state index in [9.17, 15) is 25.5 Å². The number of methoxy groups -OCH3 is 1. The number of ether oxygens (including phenoxy) is 7. The fourth-order valence-electron chi connectivity index (χ4n) is 6.56. The van der Waals surface area contributed by atoms with Crippen molar-refractivity contribution in [3.8, 4) is 0 Å². The first-order chi connectivity index (χ1) is 23.8. The Balaban J connectivity index is 1.37. The zero-order valence-electron chi connectivity index (χ0n) is 27.5. The first kappa shape index (κ1) is 41.7. The highest BCUT2D eigenvalue weighted by Gasteiger charge is 2.52. The molecule has 5 N–H and O–H groups in total. The first-order valence-electron chi connectivity index (χ1n) is 15.7. The van der Waals surface area contributed by atoms with Crippen LogP contribution in [0, 0.1) is 17.8 Å². The lowest BCUT2D eigenvalue weighted by molar-refractivity contribution is -0.449. The molecule has 22 heteroatoms. The van der Waals surface area contributed by atoms with Crippen molar-refractivity contribution in [2.75, 3.05) is 67.6 Å². The molecule has 0 aliphatic carbocycles. The number of aliphatic hydroxyl groups is 5. The Morgan fingerprint density at radius 1 is 0.653 bits per heavy atom. The van der Waals surface area contributed by atoms with Crippen LogP contribution in [-0.2, 0) is 70.0 Å². The molecule has 4 rings (SSSR count). The number of fused-ring (bicyclic) bond motifs is 2. The van der Waals surface area contributed by atoms with Crippen molar-refractivity contribution in [1.82, 2.24) is 0 Å². The van der Waals surface area contributed by atoms with E-state index in [0.717, 1.165) is 0 Å². The summed E-state index contributed by atoms with van der Waals surface area (Å²) in [7, 11) is 3.91. The number of hydrogen-bond acceptors (Lipinski definition) is 22. The van der Waals surface area contributed by atoms with Crippen molar-refractivity contribution in [1.29, 1.82) is 0 Å². The fraction of sp³-hybridized carbons (Fsp3) is 1.00. The Hall–Kier alpha value is -0.100. The third-order valence-corrected chi connectivity index (χ3v) is 9.81. The van der Waals surface area contributed by atoms with Crippen LogP contribution >= 0.6 is 24.6 Å². The number of rotatable bonds is 22. The second kappa shape index (κ2) is 21.6. The average molecular weight is 757 g/mol. The number of hydrogen-bond donors (Lipinski definition) is 5. The lowest BCUT2D eigenvalue weighted by atomic mass is 9.84. The molecular formula is C27H48O20S2. The predicted molar refractivity (Wildman–Crippen MR) is 161 cm³/mol. The van der Waals surface area contributed by atoms with Gasteiger partial charge in [0, 0.05) is 24.9 Å². The molecule has 4 saturated heterocycles. The molecule has 4 aliphatic heterocycles. The predicted octanol–water partition coefficient (Wildman–Crippen LogP) is -1.43. The Bertz CT molecular complexity index is 916. The molecule has 4 fully saturated rings. The van der Waals surface area contributed by atoms with Gasteiger partial charge in [-0.15, -0.1) is 8.67 Å². The summed E-state index contributed by atoms with van der Waals surface area (Å²) in [4.78, 5) is 8.72. The van der Waals surface area contributed by atoms with Gasteiger partial charge in [0.05, 0.1) is 84.9 Å². The summed E-state index contributed by atoms with van der Waals surface area (Å²) < 4.78 is 61.1. The number of aliphatic hydroxyl groups excluding tert-OH is 5. The van der Waals surface area contributed by atoms with Gasteiger partial charge in [-0.25, -0.2) is 9.78 Å². The van der Waals surface area contributed by atoms with Gasteiger partial charge in [-0.2, -0.15) is 0 Å². The van der Waals surface area contributed by atoms with E-state index in [0.29, 0.717) is 31.1 Å². The van der Waals surface area contributed by atoms with Gasteiger partial charge in [0.15, 0.2) is 30.9 Å². The normalized spacial score (nSPS) is 41.0. The molecule has 49 heavy (non-hydrogen) atoms. The van der Waals surface area contributed by atoms with Crippen LogP contribution in [0.25, 0.3) is 0 Å². The molecule has 0 radical (unpaired) electrons. The molecular weight excluding hydrogens is 708 g/mol. The van der Waals surface area contributed by atoms with Crippen LogP contribution < -0.4 is 0 Å². The summed E-state index contributed by atoms with van der Waals surface area (Å²) in [5.74, 6) is -1.58. The van der Waals surface area contributed by atoms with Gasteiger partial charge in [0.1, 0.15) is 42.7 Å². The highest BCUT2D eigenvalue weighted by molar-refractivity contribution is 7.89. The van der Waals surface area contributed by atoms with Crippen LogP contribution in [0.3, 0.4) is 0 Å². The molecule has 6 unspecified atom stereocenters. The lowest BCUT2D eigenvalue weighted by Gasteiger charge is -2.45. The minimum atomic E-state index is -1.23. The fourth-order valence-corrected chi connectivity index (χ4v) is 7.50. The molecule has 4 aliphatic rings. The second-order valence-corrected chi connectivity index (χ2v) is 12.6. The molecule has 20 nitrogen and oxygen atoms in total. The van der Waals surface area contributed by atoms with Crippen LogP contribution in [0.1, 0.15) is 13.3 Å². The Labute approximate surface area is 292 Å². The zero-order chi connectivity index (χ0) is 35.3. The van der Waals surface area contributed by atoms with E-state index in [1.54, 1.807) is 0 Å². The van der Waals surface area contributed by atoms with E-state index < -0.39 is 92.4 Å². The standard InChI is InChI=1S/C27H48O20S2/c1-5-13-21(30)19(39-16(6-28)24(13)42-48-46-44-34-3)10-37-9-15-22(31)20(40-17(7-29)25(15)43-49-47-45-35-4)11-36-8-14-18-12-38-26(14)23(32)27(33-2)41-18/h13-32H,5-12H2,1-4H3/t13-,14-,15+,16?,17?,18?,19+,20-,21?,22?,23?,24+,25+,26+,27-/m0/s1. The van der Waals surface area contributed by atoms with Crippen molar-refractivity contribution < 1.29 is 95.6 Å². The summed E-state index contributed by atoms with van der Waals surface area (Å²) in [6, 6.07) is 0. The topological polar surface area (TPSA) is 240 Å². The molecule has 15 atom stereocenters. The average Bonchev–Trinajstić information content (AvgIpc) is 3.43. The largest absolute Gasteiger partial charge is 0.394 e. The van der Waals surface area contributed by atoms with Crippen molar-refractivity contribution in [3.63, 3.8) is 0 Å². The highest BCUT2D eigenvalue weighted by Crippen LogP contribution is 2.37. The van der Waals surface area contributed by atoms with E-state index >= 15 is 0 Å². The molecule has 288 valence electrons. The van der Waals surface area contributed by atoms with Gasteiger partial charge in [-0.3, -0.25) is 8.37 Å². The molecule has 0 amide bonds. The van der Waals surface area contributed by atoms with Crippen molar-refractivity contribution in [2.24, 2.45) is 17.8 Å². The minimum absolute atomic E-state index is 0.0869. The zero-order valence-corrected chi connectivity index (χ0v) is 29.1. The molecule has 2 bridgehead atoms. The summed E-state index contributed by atoms with van der Waals surface area (Å²) in [5, 5.41) is 62.0. The van der Waals surface area contributed by atoms with Gasteiger partial charge in [0.25, 0.3) is 0 Å². The van der Waals surface area contributed by atoms with Crippen LogP contribution in [0.5, 0.6) is 0 Å². The third-order valence-electron chi connectivity index (χ3n) is 8.99. The molecule has 0 saturated carbocycles. The van der Waals surface area contributed by atoms with Crippen molar-refractivity contribution in [3.05, 3.63) is 0 Å². The monoisotopic (exact) mass is 756 g/mol. The third kappa shape index (κ3) is 10.7. The highest BCUT2D eigenvalue weighted by atomic mass is 32.2. The summed E-state index contributed by atoms with van der Waals surface area (Å²) in [6.07, 6.45) is -9.84. The molecule has 0 aromatic rings. The maximum atomic E-state index is 11.5. The molecule has 0 aromatic carbocycles. The van der Waals surface area contributed by atoms with Gasteiger partial charge < -0.3 is 58.7 Å². The quantitative estimate of drug-likeness (QED) is 0.0368. The van der Waals surface area contributed by atoms with Crippen LogP contribution in [-0.4, -0.2) is 167 Å².